The van der Waals surface area contributed by atoms with E-state index in [9.17, 15) is 4.79 Å². The van der Waals surface area contributed by atoms with Crippen molar-refractivity contribution < 1.29 is 14.6 Å². The molecule has 0 radical (unpaired) electrons. The molecular formula is C28H24N2O3. The Morgan fingerprint density at radius 2 is 1.64 bits per heavy atom. The molecule has 0 amide bonds. The first kappa shape index (κ1) is 20.8. The molecule has 1 N–H and O–H groups in total. The predicted octanol–water partition coefficient (Wildman–Crippen LogP) is 6.91. The Morgan fingerprint density at radius 3 is 2.36 bits per heavy atom. The van der Waals surface area contributed by atoms with Gasteiger partial charge in [-0.3, -0.25) is 0 Å². The van der Waals surface area contributed by atoms with Crippen molar-refractivity contribution in [3.63, 3.8) is 0 Å². The Balaban J connectivity index is 1.51. The van der Waals surface area contributed by atoms with Gasteiger partial charge in [-0.2, -0.15) is 0 Å². The molecule has 164 valence electrons. The number of hydrogen-bond donors (Lipinski definition) is 1. The quantitative estimate of drug-likeness (QED) is 0.232. The van der Waals surface area contributed by atoms with Crippen molar-refractivity contribution in [1.29, 1.82) is 0 Å². The molecule has 4 aromatic carbocycles. The molecule has 0 spiro atoms. The maximum Gasteiger partial charge on any atom is 0.511 e. The van der Waals surface area contributed by atoms with Gasteiger partial charge < -0.3 is 14.4 Å². The predicted molar refractivity (Wildman–Crippen MR) is 131 cm³/mol. The molecule has 0 aliphatic rings. The van der Waals surface area contributed by atoms with Gasteiger partial charge in [0.15, 0.2) is 0 Å². The van der Waals surface area contributed by atoms with Crippen LogP contribution < -0.4 is 4.74 Å². The average Bonchev–Trinajstić information content (AvgIpc) is 3.14. The second-order valence-electron chi connectivity index (χ2n) is 8.11. The highest BCUT2D eigenvalue weighted by molar-refractivity contribution is 5.95. The molecule has 5 rings (SSSR count). The minimum Gasteiger partial charge on any atom is -0.449 e. The number of carbonyl (C=O) groups is 1. The molecule has 5 aromatic rings. The molecule has 0 unspecified atom stereocenters. The zero-order valence-corrected chi connectivity index (χ0v) is 18.4. The van der Waals surface area contributed by atoms with Crippen molar-refractivity contribution in [1.82, 2.24) is 9.55 Å². The Bertz CT molecular complexity index is 1450. The van der Waals surface area contributed by atoms with Crippen molar-refractivity contribution in [2.45, 2.75) is 26.3 Å². The number of carboxylic acid groups (broad SMARTS) is 1. The number of hydrogen-bond acceptors (Lipinski definition) is 3. The summed E-state index contributed by atoms with van der Waals surface area (Å²) in [5.74, 6) is 1.42. The van der Waals surface area contributed by atoms with Crippen molar-refractivity contribution in [3.05, 3.63) is 96.3 Å². The Labute approximate surface area is 191 Å². The minimum atomic E-state index is -1.32. The highest BCUT2D eigenvalue weighted by atomic mass is 16.7. The number of imidazole rings is 1. The van der Waals surface area contributed by atoms with Gasteiger partial charge in [-0.25, -0.2) is 9.78 Å². The Morgan fingerprint density at radius 1 is 0.939 bits per heavy atom. The number of ether oxygens (including phenoxy) is 1. The molecule has 5 heteroatoms. The van der Waals surface area contributed by atoms with Crippen LogP contribution in [0.3, 0.4) is 0 Å². The van der Waals surface area contributed by atoms with E-state index >= 15 is 0 Å². The van der Waals surface area contributed by atoms with Crippen molar-refractivity contribution in [3.8, 4) is 16.9 Å². The largest absolute Gasteiger partial charge is 0.511 e. The van der Waals surface area contributed by atoms with Gasteiger partial charge in [0.25, 0.3) is 0 Å². The van der Waals surface area contributed by atoms with E-state index in [0.29, 0.717) is 5.75 Å². The van der Waals surface area contributed by atoms with Gasteiger partial charge >= 0.3 is 6.16 Å². The number of para-hydroxylation sites is 1. The SMILES string of the molecule is CCCc1nc2cc3ccccc3cc2n1Cc1ccc(-c2ccccc2OC(=O)O)cc1. The van der Waals surface area contributed by atoms with Gasteiger partial charge in [0.2, 0.25) is 0 Å². The molecule has 1 heterocycles. The summed E-state index contributed by atoms with van der Waals surface area (Å²) in [6, 6.07) is 28.1. The third-order valence-electron chi connectivity index (χ3n) is 5.86. The average molecular weight is 437 g/mol. The van der Waals surface area contributed by atoms with Gasteiger partial charge in [0.1, 0.15) is 11.6 Å². The lowest BCUT2D eigenvalue weighted by molar-refractivity contribution is 0.144. The summed E-state index contributed by atoms with van der Waals surface area (Å²) < 4.78 is 7.25. The molecule has 33 heavy (non-hydrogen) atoms. The minimum absolute atomic E-state index is 0.329. The van der Waals surface area contributed by atoms with Gasteiger partial charge in [0, 0.05) is 18.5 Å². The lowest BCUT2D eigenvalue weighted by Crippen LogP contribution is -2.05. The second kappa shape index (κ2) is 8.79. The van der Waals surface area contributed by atoms with Gasteiger partial charge in [-0.1, -0.05) is 73.7 Å². The summed E-state index contributed by atoms with van der Waals surface area (Å²) in [5, 5.41) is 11.4. The summed E-state index contributed by atoms with van der Waals surface area (Å²) in [6.07, 6.45) is 0.632. The number of rotatable bonds is 6. The lowest BCUT2D eigenvalue weighted by Gasteiger charge is -2.12. The van der Waals surface area contributed by atoms with Gasteiger partial charge in [-0.15, -0.1) is 0 Å². The lowest BCUT2D eigenvalue weighted by atomic mass is 10.0. The van der Waals surface area contributed by atoms with Crippen LogP contribution in [0.15, 0.2) is 84.9 Å². The standard InChI is InChI=1S/C28H24N2O3/c1-2-7-27-29-24-16-21-8-3-4-9-22(21)17-25(24)30(27)18-19-12-14-20(15-13-19)23-10-5-6-11-26(23)33-28(31)32/h3-6,8-17H,2,7,18H2,1H3,(H,31,32). The fourth-order valence-corrected chi connectivity index (χ4v) is 4.31. The van der Waals surface area contributed by atoms with E-state index in [2.05, 4.69) is 60.0 Å². The van der Waals surface area contributed by atoms with E-state index < -0.39 is 6.16 Å². The molecular weight excluding hydrogens is 412 g/mol. The number of fused-ring (bicyclic) bond motifs is 2. The maximum atomic E-state index is 11.0. The van der Waals surface area contributed by atoms with Crippen LogP contribution in [-0.2, 0) is 13.0 Å². The Hall–Kier alpha value is -4.12. The van der Waals surface area contributed by atoms with Crippen molar-refractivity contribution in [2.75, 3.05) is 0 Å². The summed E-state index contributed by atoms with van der Waals surface area (Å²) >= 11 is 0. The molecule has 0 aliphatic carbocycles. The summed E-state index contributed by atoms with van der Waals surface area (Å²) in [4.78, 5) is 16.0. The summed E-state index contributed by atoms with van der Waals surface area (Å²) in [7, 11) is 0. The fourth-order valence-electron chi connectivity index (χ4n) is 4.31. The van der Waals surface area contributed by atoms with Crippen molar-refractivity contribution >= 4 is 28.0 Å². The molecule has 0 saturated heterocycles. The van der Waals surface area contributed by atoms with Gasteiger partial charge in [-0.05, 0) is 46.5 Å². The molecule has 0 fully saturated rings. The third kappa shape index (κ3) is 4.17. The van der Waals surface area contributed by atoms with Crippen LogP contribution in [0.4, 0.5) is 4.79 Å². The monoisotopic (exact) mass is 436 g/mol. The van der Waals surface area contributed by atoms with Crippen LogP contribution in [0.25, 0.3) is 32.9 Å². The van der Waals surface area contributed by atoms with Crippen LogP contribution in [0, 0.1) is 0 Å². The summed E-state index contributed by atoms with van der Waals surface area (Å²) in [6.45, 7) is 2.89. The molecule has 1 aromatic heterocycles. The third-order valence-corrected chi connectivity index (χ3v) is 5.86. The van der Waals surface area contributed by atoms with E-state index in [-0.39, 0.29) is 0 Å². The van der Waals surface area contributed by atoms with Crippen LogP contribution in [0.5, 0.6) is 5.75 Å². The number of nitrogens with zero attached hydrogens (tertiary/aromatic N) is 2. The van der Waals surface area contributed by atoms with E-state index in [4.69, 9.17) is 14.8 Å². The first-order chi connectivity index (χ1) is 16.1. The first-order valence-electron chi connectivity index (χ1n) is 11.1. The fraction of sp³-hybridized carbons (Fsp3) is 0.143. The smallest absolute Gasteiger partial charge is 0.449 e. The van der Waals surface area contributed by atoms with E-state index in [1.807, 2.05) is 24.3 Å². The van der Waals surface area contributed by atoms with Crippen LogP contribution in [0.2, 0.25) is 0 Å². The van der Waals surface area contributed by atoms with Crippen LogP contribution in [0.1, 0.15) is 24.7 Å². The zero-order valence-electron chi connectivity index (χ0n) is 18.4. The normalized spacial score (nSPS) is 11.2. The molecule has 0 bridgehead atoms. The van der Waals surface area contributed by atoms with Crippen LogP contribution in [-0.4, -0.2) is 20.8 Å². The molecule has 0 aliphatic heterocycles. The van der Waals surface area contributed by atoms with Crippen molar-refractivity contribution in [2.24, 2.45) is 0 Å². The maximum absolute atomic E-state index is 11.0. The van der Waals surface area contributed by atoms with E-state index in [1.165, 1.54) is 10.8 Å². The highest BCUT2D eigenvalue weighted by Crippen LogP contribution is 2.31. The molecule has 5 nitrogen and oxygen atoms in total. The topological polar surface area (TPSA) is 64.4 Å². The zero-order chi connectivity index (χ0) is 22.8. The highest BCUT2D eigenvalue weighted by Gasteiger charge is 2.13. The molecule has 0 saturated carbocycles. The number of benzene rings is 4. The van der Waals surface area contributed by atoms with Crippen LogP contribution >= 0.6 is 0 Å². The Kier molecular flexibility index (Phi) is 5.53. The van der Waals surface area contributed by atoms with E-state index in [1.54, 1.807) is 12.1 Å². The van der Waals surface area contributed by atoms with Gasteiger partial charge in [0.05, 0.1) is 11.0 Å². The number of aromatic nitrogens is 2. The first-order valence-corrected chi connectivity index (χ1v) is 11.1. The van der Waals surface area contributed by atoms with E-state index in [0.717, 1.165) is 52.9 Å². The molecule has 0 atom stereocenters. The summed E-state index contributed by atoms with van der Waals surface area (Å²) in [5.41, 5.74) is 4.97. The second-order valence-corrected chi connectivity index (χ2v) is 8.11. The number of aryl methyl sites for hydroxylation is 1.